The molecule has 0 aromatic rings. The van der Waals surface area contributed by atoms with Gasteiger partial charge in [0.25, 0.3) is 0 Å². The lowest BCUT2D eigenvalue weighted by molar-refractivity contribution is -0.00973. The van der Waals surface area contributed by atoms with Crippen molar-refractivity contribution in [1.29, 1.82) is 0 Å². The maximum atomic E-state index is 9.22. The number of hydrogen-bond acceptors (Lipinski definition) is 13. The Morgan fingerprint density at radius 3 is 1.25 bits per heavy atom. The Morgan fingerprint density at radius 2 is 0.893 bits per heavy atom. The zero-order valence-electron chi connectivity index (χ0n) is 16.1. The van der Waals surface area contributed by atoms with Crippen LogP contribution in [0.3, 0.4) is 0 Å². The van der Waals surface area contributed by atoms with Crippen molar-refractivity contribution in [1.82, 2.24) is 0 Å². The number of hydrogen-bond donors (Lipinski definition) is 9. The summed E-state index contributed by atoms with van der Waals surface area (Å²) in [6, 6.07) is 0.411. The van der Waals surface area contributed by atoms with Crippen LogP contribution in [0.25, 0.3) is 0 Å². The van der Waals surface area contributed by atoms with Gasteiger partial charge in [0.2, 0.25) is 0 Å². The maximum absolute atomic E-state index is 9.22. The van der Waals surface area contributed by atoms with E-state index in [9.17, 15) is 43.2 Å². The van der Waals surface area contributed by atoms with Crippen LogP contribution in [0.15, 0.2) is 0 Å². The van der Waals surface area contributed by atoms with E-state index in [0.717, 1.165) is 32.1 Å². The van der Waals surface area contributed by atoms with E-state index in [4.69, 9.17) is 4.12 Å². The summed E-state index contributed by atoms with van der Waals surface area (Å²) in [5.41, 5.74) is 0. The molecule has 0 atom stereocenters. The third kappa shape index (κ3) is 15.4. The van der Waals surface area contributed by atoms with Gasteiger partial charge in [0, 0.05) is 0 Å². The average molecular weight is 501 g/mol. The van der Waals surface area contributed by atoms with Gasteiger partial charge >= 0.3 is 36.2 Å². The summed E-state index contributed by atoms with van der Waals surface area (Å²) >= 11 is 0. The summed E-state index contributed by atoms with van der Waals surface area (Å²) in [4.78, 5) is 83.0. The minimum absolute atomic E-state index is 0.411. The van der Waals surface area contributed by atoms with E-state index in [1.807, 2.05) is 0 Å². The quantitative estimate of drug-likeness (QED) is 0.0825. The van der Waals surface area contributed by atoms with Crippen molar-refractivity contribution in [2.45, 2.75) is 64.6 Å². The first-order chi connectivity index (χ1) is 12.4. The summed E-state index contributed by atoms with van der Waals surface area (Å²) in [6.07, 6.45) is 5.75. The van der Waals surface area contributed by atoms with Gasteiger partial charge in [0.05, 0.1) is 0 Å². The van der Waals surface area contributed by atoms with Crippen molar-refractivity contribution in [3.63, 3.8) is 0 Å². The average Bonchev–Trinajstić information content (AvgIpc) is 2.35. The minimum Gasteiger partial charge on any atom is -0.395 e. The summed E-state index contributed by atoms with van der Waals surface area (Å²) in [5.74, 6) is 0. The Bertz CT molecular complexity index is 406. The van der Waals surface area contributed by atoms with E-state index < -0.39 is 44.5 Å². The standard InChI is InChI=1S/C10H32O13Si5/c1-4-5-6-7-8-9-10-24(2,3)20-28(21-25(11,12)13,22-26(14,15)16)23-27(17,18)19/h11-19H,4-10H2,1-3H3. The van der Waals surface area contributed by atoms with E-state index in [1.54, 1.807) is 13.1 Å². The molecule has 0 bridgehead atoms. The van der Waals surface area contributed by atoms with Crippen LogP contribution in [0.2, 0.25) is 19.1 Å². The zero-order valence-corrected chi connectivity index (χ0v) is 21.1. The molecule has 0 aromatic carbocycles. The van der Waals surface area contributed by atoms with Crippen LogP contribution >= 0.6 is 0 Å². The monoisotopic (exact) mass is 500 g/mol. The molecule has 0 spiro atoms. The molecule has 18 heteroatoms. The molecule has 0 fully saturated rings. The first-order valence-corrected chi connectivity index (χ1v) is 18.7. The predicted molar refractivity (Wildman–Crippen MR) is 103 cm³/mol. The van der Waals surface area contributed by atoms with Crippen molar-refractivity contribution in [2.75, 3.05) is 0 Å². The first kappa shape index (κ1) is 28.6. The van der Waals surface area contributed by atoms with Gasteiger partial charge in [-0.1, -0.05) is 45.4 Å². The Morgan fingerprint density at radius 1 is 0.536 bits per heavy atom. The van der Waals surface area contributed by atoms with E-state index in [-0.39, 0.29) is 0 Å². The Balaban J connectivity index is 5.39. The molecular weight excluding hydrogens is 469 g/mol. The normalized spacial score (nSPS) is 14.6. The highest BCUT2D eigenvalue weighted by Crippen LogP contribution is 2.27. The Labute approximate surface area is 169 Å². The van der Waals surface area contributed by atoms with Crippen LogP contribution in [0.4, 0.5) is 0 Å². The van der Waals surface area contributed by atoms with Crippen LogP contribution in [-0.2, 0) is 16.5 Å². The molecule has 0 heterocycles. The molecule has 0 radical (unpaired) electrons. The van der Waals surface area contributed by atoms with Crippen LogP contribution in [0, 0.1) is 0 Å². The smallest absolute Gasteiger partial charge is 0.395 e. The number of unbranched alkanes of at least 4 members (excludes halogenated alkanes) is 5. The van der Waals surface area contributed by atoms with Gasteiger partial charge in [-0.25, -0.2) is 0 Å². The molecule has 170 valence electrons. The maximum Gasteiger partial charge on any atom is 0.665 e. The van der Waals surface area contributed by atoms with Crippen molar-refractivity contribution in [3.8, 4) is 0 Å². The van der Waals surface area contributed by atoms with Crippen molar-refractivity contribution in [3.05, 3.63) is 0 Å². The van der Waals surface area contributed by atoms with E-state index in [0.29, 0.717) is 12.5 Å². The van der Waals surface area contributed by atoms with Gasteiger partial charge in [0.15, 0.2) is 8.32 Å². The van der Waals surface area contributed by atoms with Gasteiger partial charge in [-0.2, -0.15) is 0 Å². The van der Waals surface area contributed by atoms with Crippen LogP contribution in [0.1, 0.15) is 45.4 Å². The van der Waals surface area contributed by atoms with Crippen molar-refractivity contribution in [2.24, 2.45) is 0 Å². The van der Waals surface area contributed by atoms with Gasteiger partial charge in [0.1, 0.15) is 0 Å². The third-order valence-corrected chi connectivity index (χ3v) is 14.4. The SMILES string of the molecule is CCCCCCCC[Si](C)(C)O[Si](O[Si](O)(O)O)(O[Si](O)(O)O)O[Si](O)(O)O. The molecule has 0 aromatic heterocycles. The highest BCUT2D eigenvalue weighted by Gasteiger charge is 2.65. The summed E-state index contributed by atoms with van der Waals surface area (Å²) < 4.78 is 18.6. The molecule has 0 aliphatic heterocycles. The molecule has 0 aliphatic rings. The lowest BCUT2D eigenvalue weighted by atomic mass is 10.1. The second kappa shape index (κ2) is 11.3. The Kier molecular flexibility index (Phi) is 11.5. The first-order valence-electron chi connectivity index (χ1n) is 8.71. The zero-order chi connectivity index (χ0) is 22.3. The lowest BCUT2D eigenvalue weighted by Crippen LogP contribution is -2.70. The minimum atomic E-state index is -5.56. The van der Waals surface area contributed by atoms with Gasteiger partial charge in [-0.3, -0.25) is 0 Å². The summed E-state index contributed by atoms with van der Waals surface area (Å²) in [6.45, 7) is 5.24. The second-order valence-corrected chi connectivity index (χ2v) is 18.6. The molecule has 0 unspecified atom stereocenters. The fraction of sp³-hybridized carbons (Fsp3) is 1.00. The topological polar surface area (TPSA) is 219 Å². The second-order valence-electron chi connectivity index (χ2n) is 6.91. The third-order valence-electron chi connectivity index (χ3n) is 3.32. The largest absolute Gasteiger partial charge is 0.665 e. The molecule has 0 amide bonds. The molecule has 0 saturated carbocycles. The molecular formula is C10H32O13Si5. The highest BCUT2D eigenvalue weighted by molar-refractivity contribution is 6.85. The molecule has 13 nitrogen and oxygen atoms in total. The van der Waals surface area contributed by atoms with Crippen molar-refractivity contribution >= 4 is 44.5 Å². The van der Waals surface area contributed by atoms with E-state index in [1.165, 1.54) is 0 Å². The molecule has 28 heavy (non-hydrogen) atoms. The fourth-order valence-corrected chi connectivity index (χ4v) is 13.8. The molecule has 0 rings (SSSR count). The summed E-state index contributed by atoms with van der Waals surface area (Å²) in [5, 5.41) is 0. The van der Waals surface area contributed by atoms with Crippen LogP contribution in [0.5, 0.6) is 0 Å². The van der Waals surface area contributed by atoms with Crippen LogP contribution < -0.4 is 0 Å². The Hall–Kier alpha value is 0.564. The lowest BCUT2D eigenvalue weighted by Gasteiger charge is -2.38. The highest BCUT2D eigenvalue weighted by atomic mass is 28.6. The van der Waals surface area contributed by atoms with Gasteiger partial charge in [-0.15, -0.1) is 0 Å². The van der Waals surface area contributed by atoms with Gasteiger partial charge < -0.3 is 59.6 Å². The fourth-order valence-electron chi connectivity index (χ4n) is 2.35. The predicted octanol–water partition coefficient (Wildman–Crippen LogP) is -2.71. The van der Waals surface area contributed by atoms with Crippen molar-refractivity contribution < 1.29 is 59.6 Å². The van der Waals surface area contributed by atoms with E-state index in [2.05, 4.69) is 19.3 Å². The van der Waals surface area contributed by atoms with Gasteiger partial charge in [-0.05, 0) is 19.1 Å². The van der Waals surface area contributed by atoms with E-state index >= 15 is 0 Å². The number of rotatable bonds is 15. The molecule has 0 aliphatic carbocycles. The van der Waals surface area contributed by atoms with Crippen LogP contribution in [-0.4, -0.2) is 87.7 Å². The molecule has 9 N–H and O–H groups in total. The molecule has 0 saturated heterocycles. The summed E-state index contributed by atoms with van der Waals surface area (Å²) in [7, 11) is -25.0.